The van der Waals surface area contributed by atoms with E-state index in [0.29, 0.717) is 0 Å². The Morgan fingerprint density at radius 3 is 1.55 bits per heavy atom. The van der Waals surface area contributed by atoms with Crippen LogP contribution < -0.4 is 0 Å². The molecule has 0 spiro atoms. The third-order valence-corrected chi connectivity index (χ3v) is 6.42. The SMILES string of the molecule is Cc1cc(C)cc(/C(=C(/B2OC(C)(C)C(C)(C)O2)c2ccccc2)c2ccccc2)c1. The quantitative estimate of drug-likeness (QED) is 0.344. The lowest BCUT2D eigenvalue weighted by Crippen LogP contribution is -2.41. The second kappa shape index (κ2) is 8.14. The molecule has 0 unspecified atom stereocenters. The van der Waals surface area contributed by atoms with E-state index in [-0.39, 0.29) is 0 Å². The Morgan fingerprint density at radius 1 is 0.613 bits per heavy atom. The molecular formula is C28H31BO2. The Bertz CT molecular complexity index is 1060. The molecule has 1 aliphatic heterocycles. The Hall–Kier alpha value is -2.62. The molecule has 0 bridgehead atoms. The first-order valence-corrected chi connectivity index (χ1v) is 11.0. The molecule has 0 aliphatic carbocycles. The van der Waals surface area contributed by atoms with Gasteiger partial charge in [0, 0.05) is 0 Å². The molecule has 1 saturated heterocycles. The highest BCUT2D eigenvalue weighted by Gasteiger charge is 2.53. The van der Waals surface area contributed by atoms with Crippen molar-refractivity contribution in [2.45, 2.75) is 52.7 Å². The summed E-state index contributed by atoms with van der Waals surface area (Å²) in [6, 6.07) is 27.8. The smallest absolute Gasteiger partial charge is 0.399 e. The van der Waals surface area contributed by atoms with Crippen molar-refractivity contribution >= 4 is 18.2 Å². The fourth-order valence-corrected chi connectivity index (χ4v) is 4.18. The van der Waals surface area contributed by atoms with Crippen molar-refractivity contribution in [3.8, 4) is 0 Å². The largest absolute Gasteiger partial charge is 0.496 e. The molecule has 3 aromatic rings. The summed E-state index contributed by atoms with van der Waals surface area (Å²) >= 11 is 0. The lowest BCUT2D eigenvalue weighted by molar-refractivity contribution is 0.00578. The highest BCUT2D eigenvalue weighted by molar-refractivity contribution is 6.71. The molecule has 0 radical (unpaired) electrons. The maximum absolute atomic E-state index is 6.58. The van der Waals surface area contributed by atoms with Crippen molar-refractivity contribution in [2.24, 2.45) is 0 Å². The number of hydrogen-bond donors (Lipinski definition) is 0. The van der Waals surface area contributed by atoms with Gasteiger partial charge < -0.3 is 9.31 Å². The number of hydrogen-bond acceptors (Lipinski definition) is 2. The summed E-state index contributed by atoms with van der Waals surface area (Å²) in [6.45, 7) is 12.7. The Morgan fingerprint density at radius 2 is 1.06 bits per heavy atom. The summed E-state index contributed by atoms with van der Waals surface area (Å²) in [5, 5.41) is 0. The van der Waals surface area contributed by atoms with Crippen molar-refractivity contribution in [1.29, 1.82) is 0 Å². The van der Waals surface area contributed by atoms with E-state index >= 15 is 0 Å². The first kappa shape index (κ1) is 21.6. The maximum Gasteiger partial charge on any atom is 0.496 e. The van der Waals surface area contributed by atoms with Crippen LogP contribution in [0.15, 0.2) is 78.9 Å². The maximum atomic E-state index is 6.58. The van der Waals surface area contributed by atoms with E-state index in [4.69, 9.17) is 9.31 Å². The third-order valence-electron chi connectivity index (χ3n) is 6.42. The molecule has 0 amide bonds. The number of benzene rings is 3. The Balaban J connectivity index is 2.04. The van der Waals surface area contributed by atoms with Crippen molar-refractivity contribution in [2.75, 3.05) is 0 Å². The molecular weight excluding hydrogens is 379 g/mol. The lowest BCUT2D eigenvalue weighted by Gasteiger charge is -2.32. The van der Waals surface area contributed by atoms with Gasteiger partial charge in [-0.15, -0.1) is 0 Å². The van der Waals surface area contributed by atoms with Crippen molar-refractivity contribution in [3.63, 3.8) is 0 Å². The topological polar surface area (TPSA) is 18.5 Å². The Kier molecular flexibility index (Phi) is 5.68. The molecule has 0 atom stereocenters. The van der Waals surface area contributed by atoms with Gasteiger partial charge in [-0.2, -0.15) is 0 Å². The van der Waals surface area contributed by atoms with Gasteiger partial charge in [0.05, 0.1) is 11.2 Å². The summed E-state index contributed by atoms with van der Waals surface area (Å²) < 4.78 is 13.2. The molecule has 31 heavy (non-hydrogen) atoms. The predicted octanol–water partition coefficient (Wildman–Crippen LogP) is 6.89. The zero-order chi connectivity index (χ0) is 22.2. The lowest BCUT2D eigenvalue weighted by atomic mass is 9.68. The van der Waals surface area contributed by atoms with Gasteiger partial charge in [-0.1, -0.05) is 90.0 Å². The van der Waals surface area contributed by atoms with Crippen LogP contribution in [-0.4, -0.2) is 18.3 Å². The van der Waals surface area contributed by atoms with Crippen molar-refractivity contribution in [1.82, 2.24) is 0 Å². The molecule has 1 aliphatic rings. The van der Waals surface area contributed by atoms with E-state index in [9.17, 15) is 0 Å². The van der Waals surface area contributed by atoms with E-state index in [0.717, 1.165) is 22.2 Å². The molecule has 0 saturated carbocycles. The van der Waals surface area contributed by atoms with Crippen molar-refractivity contribution < 1.29 is 9.31 Å². The van der Waals surface area contributed by atoms with Gasteiger partial charge in [0.1, 0.15) is 0 Å². The summed E-state index contributed by atoms with van der Waals surface area (Å²) in [4.78, 5) is 0. The van der Waals surface area contributed by atoms with Crippen LogP contribution in [0.25, 0.3) is 11.0 Å². The molecule has 1 heterocycles. The van der Waals surface area contributed by atoms with E-state index in [2.05, 4.69) is 114 Å². The van der Waals surface area contributed by atoms with Crippen LogP contribution in [0.4, 0.5) is 0 Å². The van der Waals surface area contributed by atoms with Gasteiger partial charge >= 0.3 is 7.12 Å². The summed E-state index contributed by atoms with van der Waals surface area (Å²) in [5.74, 6) is 0. The Labute approximate surface area is 187 Å². The molecule has 3 aromatic carbocycles. The second-order valence-corrected chi connectivity index (χ2v) is 9.49. The average molecular weight is 410 g/mol. The molecule has 3 heteroatoms. The van der Waals surface area contributed by atoms with Crippen LogP contribution in [-0.2, 0) is 9.31 Å². The van der Waals surface area contributed by atoms with Crippen LogP contribution in [0.3, 0.4) is 0 Å². The van der Waals surface area contributed by atoms with E-state index in [1.165, 1.54) is 16.7 Å². The first-order chi connectivity index (χ1) is 14.7. The summed E-state index contributed by atoms with van der Waals surface area (Å²) in [5.41, 5.74) is 7.31. The standard InChI is InChI=1S/C28H31BO2/c1-20-17-21(2)19-24(18-20)25(22-13-9-7-10-14-22)26(23-15-11-8-12-16-23)29-30-27(3,4)28(5,6)31-29/h7-19H,1-6H3/b26-25+. The monoisotopic (exact) mass is 410 g/mol. The minimum Gasteiger partial charge on any atom is -0.399 e. The van der Waals surface area contributed by atoms with Gasteiger partial charge in [-0.05, 0) is 69.3 Å². The molecule has 158 valence electrons. The number of aryl methyl sites for hydroxylation is 2. The zero-order valence-corrected chi connectivity index (χ0v) is 19.4. The summed E-state index contributed by atoms with van der Waals surface area (Å²) in [6.07, 6.45) is 0. The zero-order valence-electron chi connectivity index (χ0n) is 19.4. The normalized spacial score (nSPS) is 18.1. The van der Waals surface area contributed by atoms with Gasteiger partial charge in [-0.3, -0.25) is 0 Å². The van der Waals surface area contributed by atoms with Gasteiger partial charge in [0.15, 0.2) is 0 Å². The third kappa shape index (κ3) is 4.26. The van der Waals surface area contributed by atoms with Crippen LogP contribution in [0.1, 0.15) is 55.5 Å². The fourth-order valence-electron chi connectivity index (χ4n) is 4.18. The van der Waals surface area contributed by atoms with Crippen LogP contribution >= 0.6 is 0 Å². The summed E-state index contributed by atoms with van der Waals surface area (Å²) in [7, 11) is -0.469. The van der Waals surface area contributed by atoms with E-state index in [1.54, 1.807) is 0 Å². The van der Waals surface area contributed by atoms with Crippen molar-refractivity contribution in [3.05, 3.63) is 107 Å². The molecule has 2 nitrogen and oxygen atoms in total. The first-order valence-electron chi connectivity index (χ1n) is 11.0. The highest BCUT2D eigenvalue weighted by atomic mass is 16.7. The molecule has 0 N–H and O–H groups in total. The van der Waals surface area contributed by atoms with Crippen LogP contribution in [0, 0.1) is 13.8 Å². The van der Waals surface area contributed by atoms with Crippen LogP contribution in [0.5, 0.6) is 0 Å². The minimum absolute atomic E-state index is 0.415. The van der Waals surface area contributed by atoms with E-state index in [1.807, 2.05) is 6.07 Å². The molecule has 0 aromatic heterocycles. The predicted molar refractivity (Wildman–Crippen MR) is 131 cm³/mol. The highest BCUT2D eigenvalue weighted by Crippen LogP contribution is 2.44. The van der Waals surface area contributed by atoms with Crippen LogP contribution in [0.2, 0.25) is 0 Å². The average Bonchev–Trinajstić information content (AvgIpc) is 2.93. The fraction of sp³-hybridized carbons (Fsp3) is 0.286. The molecule has 4 rings (SSSR count). The van der Waals surface area contributed by atoms with Gasteiger partial charge in [-0.25, -0.2) is 0 Å². The second-order valence-electron chi connectivity index (χ2n) is 9.49. The minimum atomic E-state index is -0.469. The van der Waals surface area contributed by atoms with Gasteiger partial charge in [0.2, 0.25) is 0 Å². The van der Waals surface area contributed by atoms with E-state index < -0.39 is 18.3 Å². The number of rotatable bonds is 4. The molecule has 1 fully saturated rings. The van der Waals surface area contributed by atoms with Gasteiger partial charge in [0.25, 0.3) is 0 Å².